The van der Waals surface area contributed by atoms with E-state index >= 15 is 0 Å². The van der Waals surface area contributed by atoms with Gasteiger partial charge < -0.3 is 10.3 Å². The number of hydrogen-bond acceptors (Lipinski definition) is 5. The van der Waals surface area contributed by atoms with Gasteiger partial charge in [0.15, 0.2) is 0 Å². The number of nitro benzene ring substituents is 1. The van der Waals surface area contributed by atoms with Gasteiger partial charge in [-0.05, 0) is 0 Å². The molecule has 1 rings (SSSR count). The molecule has 88 valence electrons. The predicted molar refractivity (Wildman–Crippen MR) is 52.7 cm³/mol. The molecule has 1 aromatic rings. The lowest BCUT2D eigenvalue weighted by Gasteiger charge is -1.98. The van der Waals surface area contributed by atoms with Crippen LogP contribution in [0.3, 0.4) is 0 Å². The van der Waals surface area contributed by atoms with Gasteiger partial charge in [0.25, 0.3) is 10.8 Å². The van der Waals surface area contributed by atoms with E-state index in [1.54, 1.807) is 18.2 Å². The molecule has 0 atom stereocenters. The number of aliphatic hydroxyl groups is 1. The van der Waals surface area contributed by atoms with Gasteiger partial charge in [-0.25, -0.2) is 0 Å². The molecule has 0 aliphatic carbocycles. The van der Waals surface area contributed by atoms with E-state index in [9.17, 15) is 10.1 Å². The van der Waals surface area contributed by atoms with Crippen molar-refractivity contribution in [1.29, 1.82) is 0 Å². The molecule has 0 spiro atoms. The third-order valence-electron chi connectivity index (χ3n) is 1.57. The van der Waals surface area contributed by atoms with Crippen LogP contribution in [0.1, 0.15) is 5.56 Å². The fourth-order valence-corrected chi connectivity index (χ4v) is 1.02. The highest BCUT2D eigenvalue weighted by molar-refractivity contribution is 5.39. The smallest absolute Gasteiger partial charge is 0.291 e. The summed E-state index contributed by atoms with van der Waals surface area (Å²) in [5.74, 6) is 0. The molecule has 0 heterocycles. The molecule has 0 unspecified atom stereocenters. The summed E-state index contributed by atoms with van der Waals surface area (Å²) < 4.78 is 0. The maximum absolute atomic E-state index is 10.4. The lowest BCUT2D eigenvalue weighted by molar-refractivity contribution is -0.742. The van der Waals surface area contributed by atoms with Crippen LogP contribution < -0.4 is 0 Å². The van der Waals surface area contributed by atoms with Crippen molar-refractivity contribution in [3.05, 3.63) is 50.1 Å². The normalized spacial score (nSPS) is 8.81. The second-order valence-electron chi connectivity index (χ2n) is 2.60. The Kier molecular flexibility index (Phi) is 6.13. The van der Waals surface area contributed by atoms with E-state index in [0.717, 1.165) is 0 Å². The minimum absolute atomic E-state index is 0.0646. The summed E-state index contributed by atoms with van der Waals surface area (Å²) in [6.07, 6.45) is 0.331. The van der Waals surface area contributed by atoms with Gasteiger partial charge in [0.2, 0.25) is 0 Å². The van der Waals surface area contributed by atoms with Crippen molar-refractivity contribution in [3.63, 3.8) is 0 Å². The Morgan fingerprint density at radius 3 is 2.12 bits per heavy atom. The average molecular weight is 230 g/mol. The van der Waals surface area contributed by atoms with Crippen LogP contribution in [-0.2, 0) is 6.42 Å². The molecule has 0 fully saturated rings. The van der Waals surface area contributed by atoms with E-state index in [1.807, 2.05) is 0 Å². The zero-order chi connectivity index (χ0) is 12.6. The highest BCUT2D eigenvalue weighted by atomic mass is 16.9. The third-order valence-corrected chi connectivity index (χ3v) is 1.57. The van der Waals surface area contributed by atoms with Gasteiger partial charge in [0.05, 0.1) is 4.92 Å². The number of nitro groups is 1. The zero-order valence-electron chi connectivity index (χ0n) is 8.15. The number of rotatable bonds is 3. The molecule has 2 N–H and O–H groups in total. The summed E-state index contributed by atoms with van der Waals surface area (Å²) in [5, 5.41) is 32.7. The van der Waals surface area contributed by atoms with Crippen molar-refractivity contribution in [1.82, 2.24) is 0 Å². The van der Waals surface area contributed by atoms with E-state index in [1.165, 1.54) is 6.07 Å². The maximum Gasteiger partial charge on any atom is 0.291 e. The summed E-state index contributed by atoms with van der Waals surface area (Å²) in [5.41, 5.74) is 0.650. The lowest BCUT2D eigenvalue weighted by Crippen LogP contribution is -1.97. The monoisotopic (exact) mass is 230 g/mol. The molecule has 8 nitrogen and oxygen atoms in total. The van der Waals surface area contributed by atoms with Gasteiger partial charge >= 0.3 is 0 Å². The van der Waals surface area contributed by atoms with Crippen LogP contribution in [0.5, 0.6) is 0 Å². The average Bonchev–Trinajstić information content (AvgIpc) is 2.18. The van der Waals surface area contributed by atoms with Crippen LogP contribution in [0, 0.1) is 20.2 Å². The summed E-state index contributed by atoms with van der Waals surface area (Å²) in [6, 6.07) is 6.41. The van der Waals surface area contributed by atoms with Crippen LogP contribution in [0.15, 0.2) is 24.3 Å². The van der Waals surface area contributed by atoms with Gasteiger partial charge in [-0.15, -0.1) is 10.1 Å². The number of aliphatic hydroxyl groups excluding tert-OH is 1. The first kappa shape index (κ1) is 13.8. The Morgan fingerprint density at radius 1 is 1.19 bits per heavy atom. The molecule has 0 saturated heterocycles. The topological polar surface area (TPSA) is 127 Å². The van der Waals surface area contributed by atoms with Crippen molar-refractivity contribution in [3.8, 4) is 0 Å². The molecule has 0 radical (unpaired) electrons. The number of hydrogen-bond donors (Lipinski definition) is 2. The Morgan fingerprint density at radius 2 is 1.69 bits per heavy atom. The van der Waals surface area contributed by atoms with E-state index in [4.69, 9.17) is 20.4 Å². The van der Waals surface area contributed by atoms with Crippen LogP contribution in [-0.4, -0.2) is 26.9 Å². The van der Waals surface area contributed by atoms with Crippen molar-refractivity contribution >= 4 is 5.69 Å². The van der Waals surface area contributed by atoms with Gasteiger partial charge in [-0.2, -0.15) is 0 Å². The molecule has 0 aromatic heterocycles. The molecule has 0 amide bonds. The highest BCUT2D eigenvalue weighted by Crippen LogP contribution is 2.17. The standard InChI is InChI=1S/C8H9NO3.HNO3/c10-6-5-7-3-1-2-4-8(7)9(11)12;2-1(3)4/h1-4,10H,5-6H2;(H,2,3,4). The van der Waals surface area contributed by atoms with E-state index in [0.29, 0.717) is 12.0 Å². The third kappa shape index (κ3) is 5.50. The SMILES string of the molecule is O=[N+]([O-])O.O=[N+]([O-])c1ccccc1CCO. The quantitative estimate of drug-likeness (QED) is 0.583. The molecular weight excluding hydrogens is 220 g/mol. The number of nitrogens with zero attached hydrogens (tertiary/aromatic N) is 2. The van der Waals surface area contributed by atoms with Gasteiger partial charge in [0.1, 0.15) is 0 Å². The van der Waals surface area contributed by atoms with E-state index in [-0.39, 0.29) is 12.3 Å². The van der Waals surface area contributed by atoms with Gasteiger partial charge in [0, 0.05) is 24.7 Å². The zero-order valence-corrected chi connectivity index (χ0v) is 8.15. The van der Waals surface area contributed by atoms with Crippen LogP contribution in [0.4, 0.5) is 5.69 Å². The summed E-state index contributed by atoms with van der Waals surface area (Å²) >= 11 is 0. The maximum atomic E-state index is 10.4. The van der Waals surface area contributed by atoms with Crippen molar-refractivity contribution < 1.29 is 20.3 Å². The molecule has 8 heteroatoms. The van der Waals surface area contributed by atoms with Crippen LogP contribution in [0.25, 0.3) is 0 Å². The van der Waals surface area contributed by atoms with Gasteiger partial charge in [-0.1, -0.05) is 18.2 Å². The fraction of sp³-hybridized carbons (Fsp3) is 0.250. The summed E-state index contributed by atoms with van der Waals surface area (Å²) in [4.78, 5) is 18.3. The molecule has 16 heavy (non-hydrogen) atoms. The van der Waals surface area contributed by atoms with Crippen molar-refractivity contribution in [2.24, 2.45) is 0 Å². The summed E-state index contributed by atoms with van der Waals surface area (Å²) in [7, 11) is 0. The molecule has 0 aliphatic heterocycles. The minimum atomic E-state index is -1.50. The molecule has 0 bridgehead atoms. The van der Waals surface area contributed by atoms with Crippen LogP contribution in [0.2, 0.25) is 0 Å². The van der Waals surface area contributed by atoms with Crippen molar-refractivity contribution in [2.75, 3.05) is 6.61 Å². The first-order chi connectivity index (χ1) is 7.49. The molecule has 0 aliphatic rings. The minimum Gasteiger partial charge on any atom is -0.396 e. The first-order valence-electron chi connectivity index (χ1n) is 4.15. The lowest BCUT2D eigenvalue weighted by atomic mass is 10.1. The Hall–Kier alpha value is -2.22. The Labute approximate surface area is 90.0 Å². The molecular formula is C8H10N2O6. The largest absolute Gasteiger partial charge is 0.396 e. The van der Waals surface area contributed by atoms with E-state index < -0.39 is 10.0 Å². The van der Waals surface area contributed by atoms with E-state index in [2.05, 4.69) is 0 Å². The van der Waals surface area contributed by atoms with Gasteiger partial charge in [-0.3, -0.25) is 10.1 Å². The Balaban J connectivity index is 0.000000487. The highest BCUT2D eigenvalue weighted by Gasteiger charge is 2.10. The second kappa shape index (κ2) is 7.12. The predicted octanol–water partition coefficient (Wildman–Crippen LogP) is 0.782. The second-order valence-corrected chi connectivity index (χ2v) is 2.60. The fourth-order valence-electron chi connectivity index (χ4n) is 1.02. The van der Waals surface area contributed by atoms with Crippen molar-refractivity contribution in [2.45, 2.75) is 6.42 Å². The first-order valence-corrected chi connectivity index (χ1v) is 4.15. The summed E-state index contributed by atoms with van der Waals surface area (Å²) in [6.45, 7) is -0.0646. The Bertz CT molecular complexity index is 363. The molecule has 1 aromatic carbocycles. The van der Waals surface area contributed by atoms with Crippen LogP contribution >= 0.6 is 0 Å². The number of para-hydroxylation sites is 1. The number of benzene rings is 1. The molecule has 0 saturated carbocycles.